The number of H-pyrrole nitrogens is 1. The zero-order chi connectivity index (χ0) is 26.1. The fraction of sp³-hybridized carbons (Fsp3) is 0.250. The largest absolute Gasteiger partial charge is 0.367 e. The quantitative estimate of drug-likeness (QED) is 0.305. The minimum absolute atomic E-state index is 0.0355. The third-order valence-electron chi connectivity index (χ3n) is 6.83. The first-order valence-corrected chi connectivity index (χ1v) is 12.6. The third-order valence-corrected chi connectivity index (χ3v) is 6.83. The lowest BCUT2D eigenvalue weighted by atomic mass is 9.91. The summed E-state index contributed by atoms with van der Waals surface area (Å²) in [4.78, 5) is 33.7. The molecule has 10 heteroatoms. The first-order chi connectivity index (χ1) is 18.5. The highest BCUT2D eigenvalue weighted by Crippen LogP contribution is 2.30. The molecular formula is C28H27FN8O. The number of benzene rings is 1. The maximum atomic E-state index is 14.0. The van der Waals surface area contributed by atoms with Crippen molar-refractivity contribution in [1.82, 2.24) is 34.8 Å². The Morgan fingerprint density at radius 1 is 1.11 bits per heavy atom. The van der Waals surface area contributed by atoms with E-state index in [2.05, 4.69) is 25.6 Å². The van der Waals surface area contributed by atoms with Gasteiger partial charge in [0.2, 0.25) is 0 Å². The van der Waals surface area contributed by atoms with Gasteiger partial charge in [0.05, 0.1) is 18.2 Å². The van der Waals surface area contributed by atoms with Crippen LogP contribution in [-0.2, 0) is 7.05 Å². The number of nitrogens with one attached hydrogen (secondary N) is 3. The van der Waals surface area contributed by atoms with Crippen LogP contribution >= 0.6 is 0 Å². The van der Waals surface area contributed by atoms with Crippen molar-refractivity contribution in [3.8, 4) is 22.6 Å². The van der Waals surface area contributed by atoms with Gasteiger partial charge in [0.15, 0.2) is 5.82 Å². The molecule has 9 nitrogen and oxygen atoms in total. The summed E-state index contributed by atoms with van der Waals surface area (Å²) in [5, 5.41) is 7.33. The summed E-state index contributed by atoms with van der Waals surface area (Å²) < 4.78 is 15.8. The molecule has 0 radical (unpaired) electrons. The Balaban J connectivity index is 1.28. The maximum absolute atomic E-state index is 14.0. The van der Waals surface area contributed by atoms with Crippen molar-refractivity contribution in [2.24, 2.45) is 7.05 Å². The Labute approximate surface area is 218 Å². The molecule has 1 amide bonds. The van der Waals surface area contributed by atoms with Crippen molar-refractivity contribution < 1.29 is 9.18 Å². The third kappa shape index (κ3) is 4.97. The molecule has 6 rings (SSSR count). The molecule has 2 atom stereocenters. The summed E-state index contributed by atoms with van der Waals surface area (Å²) in [5.74, 6) is 0.571. The number of fused-ring (bicyclic) bond motifs is 1. The molecule has 4 heterocycles. The van der Waals surface area contributed by atoms with Crippen LogP contribution in [0.2, 0.25) is 0 Å². The van der Waals surface area contributed by atoms with Crippen LogP contribution in [0.3, 0.4) is 0 Å². The number of halogens is 1. The molecule has 1 aliphatic rings. The smallest absolute Gasteiger partial charge is 0.271 e. The molecular weight excluding hydrogens is 483 g/mol. The van der Waals surface area contributed by atoms with E-state index in [4.69, 9.17) is 9.97 Å². The van der Waals surface area contributed by atoms with E-state index in [0.717, 1.165) is 36.9 Å². The number of anilines is 1. The lowest BCUT2D eigenvalue weighted by Crippen LogP contribution is -2.42. The molecule has 0 unspecified atom stereocenters. The second-order valence-corrected chi connectivity index (χ2v) is 9.68. The fourth-order valence-electron chi connectivity index (χ4n) is 5.01. The highest BCUT2D eigenvalue weighted by atomic mass is 19.1. The molecule has 0 bridgehead atoms. The van der Waals surface area contributed by atoms with Gasteiger partial charge in [-0.2, -0.15) is 0 Å². The first kappa shape index (κ1) is 23.8. The van der Waals surface area contributed by atoms with Crippen molar-refractivity contribution in [2.45, 2.75) is 37.8 Å². The SMILES string of the molecule is Cn1cnc(C(=O)N[C@H]2CCC[C@@H](Nc3cc(-c4ccccc4)nc(-c4c[nH]c5ncc(F)cc45)n3)C2)c1. The summed E-state index contributed by atoms with van der Waals surface area (Å²) in [6, 6.07) is 13.4. The zero-order valence-corrected chi connectivity index (χ0v) is 20.9. The van der Waals surface area contributed by atoms with Crippen LogP contribution < -0.4 is 10.6 Å². The lowest BCUT2D eigenvalue weighted by Gasteiger charge is -2.30. The number of hydrogen-bond donors (Lipinski definition) is 3. The van der Waals surface area contributed by atoms with Crippen molar-refractivity contribution in [3.63, 3.8) is 0 Å². The topological polar surface area (TPSA) is 113 Å². The van der Waals surface area contributed by atoms with E-state index in [0.29, 0.717) is 33.9 Å². The number of nitrogens with zero attached hydrogens (tertiary/aromatic N) is 5. The number of hydrogen-bond acceptors (Lipinski definition) is 6. The van der Waals surface area contributed by atoms with E-state index < -0.39 is 5.82 Å². The Hall–Kier alpha value is -4.60. The standard InChI is InChI=1S/C28H27FN8O/c1-37-15-24(32-16-37)28(38)34-20-9-5-8-19(11-20)33-25-12-23(17-6-3-2-4-7-17)35-27(36-25)22-14-31-26-21(22)10-18(29)13-30-26/h2-4,6-7,10,12-16,19-20H,5,8-9,11H2,1H3,(H,30,31)(H,34,38)(H,33,35,36)/t19-,20+/m1/s1. The van der Waals surface area contributed by atoms with E-state index in [1.807, 2.05) is 43.4 Å². The van der Waals surface area contributed by atoms with Crippen LogP contribution in [0.5, 0.6) is 0 Å². The molecule has 0 aliphatic heterocycles. The second kappa shape index (κ2) is 10.0. The predicted octanol–water partition coefficient (Wildman–Crippen LogP) is 4.71. The number of carbonyl (C=O) groups excluding carboxylic acids is 1. The molecule has 192 valence electrons. The summed E-state index contributed by atoms with van der Waals surface area (Å²) >= 11 is 0. The molecule has 3 N–H and O–H groups in total. The molecule has 4 aromatic heterocycles. The second-order valence-electron chi connectivity index (χ2n) is 9.68. The van der Waals surface area contributed by atoms with Crippen LogP contribution in [-0.4, -0.2) is 47.5 Å². The van der Waals surface area contributed by atoms with E-state index in [9.17, 15) is 9.18 Å². The van der Waals surface area contributed by atoms with Crippen molar-refractivity contribution in [2.75, 3.05) is 5.32 Å². The van der Waals surface area contributed by atoms with E-state index in [1.165, 1.54) is 12.3 Å². The zero-order valence-electron chi connectivity index (χ0n) is 20.9. The molecule has 0 spiro atoms. The van der Waals surface area contributed by atoms with Crippen molar-refractivity contribution in [3.05, 3.63) is 78.9 Å². The number of aromatic nitrogens is 6. The van der Waals surface area contributed by atoms with Gasteiger partial charge >= 0.3 is 0 Å². The number of aryl methyl sites for hydroxylation is 1. The molecule has 38 heavy (non-hydrogen) atoms. The van der Waals surface area contributed by atoms with Gasteiger partial charge in [-0.15, -0.1) is 0 Å². The predicted molar refractivity (Wildman–Crippen MR) is 143 cm³/mol. The summed E-state index contributed by atoms with van der Waals surface area (Å²) in [6.07, 6.45) is 9.89. The monoisotopic (exact) mass is 510 g/mol. The molecule has 5 aromatic rings. The molecule has 0 saturated heterocycles. The average molecular weight is 511 g/mol. The summed E-state index contributed by atoms with van der Waals surface area (Å²) in [5.41, 5.74) is 3.38. The van der Waals surface area contributed by atoms with E-state index in [1.54, 1.807) is 23.3 Å². The molecule has 1 aliphatic carbocycles. The van der Waals surface area contributed by atoms with Gasteiger partial charge < -0.3 is 20.2 Å². The van der Waals surface area contributed by atoms with Gasteiger partial charge in [-0.05, 0) is 31.7 Å². The first-order valence-electron chi connectivity index (χ1n) is 12.6. The summed E-state index contributed by atoms with van der Waals surface area (Å²) in [7, 11) is 1.84. The minimum atomic E-state index is -0.420. The number of imidazole rings is 1. The van der Waals surface area contributed by atoms with Crippen LogP contribution in [0.4, 0.5) is 10.2 Å². The van der Waals surface area contributed by atoms with Crippen LogP contribution in [0.25, 0.3) is 33.7 Å². The van der Waals surface area contributed by atoms with Crippen LogP contribution in [0, 0.1) is 5.82 Å². The lowest BCUT2D eigenvalue weighted by molar-refractivity contribution is 0.0921. The highest BCUT2D eigenvalue weighted by molar-refractivity contribution is 5.92. The average Bonchev–Trinajstić information content (AvgIpc) is 3.55. The summed E-state index contributed by atoms with van der Waals surface area (Å²) in [6.45, 7) is 0. The van der Waals surface area contributed by atoms with Gasteiger partial charge in [0, 0.05) is 54.1 Å². The van der Waals surface area contributed by atoms with E-state index in [-0.39, 0.29) is 18.0 Å². The highest BCUT2D eigenvalue weighted by Gasteiger charge is 2.25. The molecule has 1 fully saturated rings. The number of aromatic amines is 1. The van der Waals surface area contributed by atoms with Gasteiger partial charge in [-0.25, -0.2) is 24.3 Å². The Kier molecular flexibility index (Phi) is 6.28. The van der Waals surface area contributed by atoms with Crippen molar-refractivity contribution >= 4 is 22.8 Å². The number of carbonyl (C=O) groups is 1. The normalized spacial score (nSPS) is 17.4. The van der Waals surface area contributed by atoms with Gasteiger partial charge in [0.25, 0.3) is 5.91 Å². The van der Waals surface area contributed by atoms with Crippen LogP contribution in [0.1, 0.15) is 36.2 Å². The number of rotatable bonds is 6. The fourth-order valence-corrected chi connectivity index (χ4v) is 5.01. The minimum Gasteiger partial charge on any atom is -0.367 e. The number of amides is 1. The van der Waals surface area contributed by atoms with Crippen LogP contribution in [0.15, 0.2) is 67.4 Å². The number of pyridine rings is 1. The van der Waals surface area contributed by atoms with E-state index >= 15 is 0 Å². The Morgan fingerprint density at radius 2 is 1.95 bits per heavy atom. The van der Waals surface area contributed by atoms with Gasteiger partial charge in [0.1, 0.15) is 23.0 Å². The molecule has 1 aromatic carbocycles. The Bertz CT molecular complexity index is 1600. The van der Waals surface area contributed by atoms with Crippen molar-refractivity contribution in [1.29, 1.82) is 0 Å². The van der Waals surface area contributed by atoms with Gasteiger partial charge in [-0.3, -0.25) is 4.79 Å². The molecule has 1 saturated carbocycles. The maximum Gasteiger partial charge on any atom is 0.271 e. The van der Waals surface area contributed by atoms with Gasteiger partial charge in [-0.1, -0.05) is 30.3 Å². The Morgan fingerprint density at radius 3 is 2.76 bits per heavy atom.